The van der Waals surface area contributed by atoms with Gasteiger partial charge in [0.05, 0.1) is 19.3 Å². The quantitative estimate of drug-likeness (QED) is 0.336. The molecule has 1 N–H and O–H groups in total. The molecule has 0 amide bonds. The zero-order valence-electron chi connectivity index (χ0n) is 17.7. The molecule has 31 heavy (non-hydrogen) atoms. The van der Waals surface area contributed by atoms with Gasteiger partial charge in [-0.05, 0) is 37.7 Å². The lowest BCUT2D eigenvalue weighted by atomic mass is 10.2. The number of halogens is 1. The van der Waals surface area contributed by atoms with Gasteiger partial charge >= 0.3 is 0 Å². The predicted molar refractivity (Wildman–Crippen MR) is 127 cm³/mol. The maximum Gasteiger partial charge on any atom is 0.195 e. The first-order valence-corrected chi connectivity index (χ1v) is 11.4. The van der Waals surface area contributed by atoms with Crippen LogP contribution in [0, 0.1) is 0 Å². The van der Waals surface area contributed by atoms with Crippen molar-refractivity contribution in [1.82, 2.24) is 19.7 Å². The van der Waals surface area contributed by atoms with Crippen molar-refractivity contribution in [3.8, 4) is 11.4 Å². The van der Waals surface area contributed by atoms with Crippen LogP contribution in [0.2, 0.25) is 5.02 Å². The van der Waals surface area contributed by atoms with Crippen LogP contribution in [0.3, 0.4) is 0 Å². The molecule has 0 aliphatic rings. The summed E-state index contributed by atoms with van der Waals surface area (Å²) in [4.78, 5) is 2.17. The van der Waals surface area contributed by atoms with Crippen molar-refractivity contribution < 1.29 is 9.84 Å². The molecule has 3 rings (SSSR count). The Bertz CT molecular complexity index is 1010. The van der Waals surface area contributed by atoms with E-state index in [-0.39, 0.29) is 6.61 Å². The minimum absolute atomic E-state index is 0.159. The molecule has 0 saturated heterocycles. The smallest absolute Gasteiger partial charge is 0.195 e. The monoisotopic (exact) mass is 458 g/mol. The van der Waals surface area contributed by atoms with Gasteiger partial charge in [-0.3, -0.25) is 9.47 Å². The van der Waals surface area contributed by atoms with Crippen LogP contribution in [-0.4, -0.2) is 57.8 Å². The number of hydrogen-bond acceptors (Lipinski definition) is 6. The zero-order valence-corrected chi connectivity index (χ0v) is 19.3. The Balaban J connectivity index is 1.74. The zero-order chi connectivity index (χ0) is 22.1. The Kier molecular flexibility index (Phi) is 8.97. The summed E-state index contributed by atoms with van der Waals surface area (Å²) < 4.78 is 7.44. The minimum Gasteiger partial charge on any atom is -0.496 e. The molecule has 0 atom stereocenters. The number of rotatable bonds is 11. The number of aromatic nitrogens is 3. The molecular weight excluding hydrogens is 432 g/mol. The molecule has 0 radical (unpaired) electrons. The summed E-state index contributed by atoms with van der Waals surface area (Å²) >= 11 is 7.81. The second-order valence-corrected chi connectivity index (χ2v) is 8.48. The Labute approximate surface area is 192 Å². The van der Waals surface area contributed by atoms with E-state index in [1.54, 1.807) is 18.9 Å². The third-order valence-electron chi connectivity index (χ3n) is 4.57. The van der Waals surface area contributed by atoms with Crippen LogP contribution in [0.1, 0.15) is 17.8 Å². The molecule has 0 spiro atoms. The molecule has 3 aromatic rings. The first-order valence-electron chi connectivity index (χ1n) is 10.0. The molecule has 0 fully saturated rings. The predicted octanol–water partition coefficient (Wildman–Crippen LogP) is 4.55. The van der Waals surface area contributed by atoms with Crippen molar-refractivity contribution in [3.63, 3.8) is 0 Å². The van der Waals surface area contributed by atoms with Crippen LogP contribution >= 0.6 is 23.4 Å². The molecule has 0 aliphatic carbocycles. The molecule has 6 nitrogen and oxygen atoms in total. The SMILES string of the molecule is COc1ccccc1C=CCN(C)Cc1nnc(SCCCO)n1-c1cccc(Cl)c1. The Morgan fingerprint density at radius 3 is 2.81 bits per heavy atom. The lowest BCUT2D eigenvalue weighted by Crippen LogP contribution is -2.20. The molecule has 2 aromatic carbocycles. The van der Waals surface area contributed by atoms with Crippen LogP contribution < -0.4 is 4.74 Å². The molecule has 0 aliphatic heterocycles. The van der Waals surface area contributed by atoms with Gasteiger partial charge in [0.2, 0.25) is 0 Å². The normalized spacial score (nSPS) is 11.5. The Morgan fingerprint density at radius 2 is 2.03 bits per heavy atom. The van der Waals surface area contributed by atoms with E-state index < -0.39 is 0 Å². The highest BCUT2D eigenvalue weighted by Gasteiger charge is 2.16. The molecule has 0 bridgehead atoms. The van der Waals surface area contributed by atoms with E-state index in [0.29, 0.717) is 18.0 Å². The molecular formula is C23H27ClN4O2S. The number of benzene rings is 2. The Morgan fingerprint density at radius 1 is 1.19 bits per heavy atom. The number of aliphatic hydroxyl groups excluding tert-OH is 1. The molecule has 0 unspecified atom stereocenters. The third-order valence-corrected chi connectivity index (χ3v) is 5.82. The van der Waals surface area contributed by atoms with Crippen LogP contribution in [0.5, 0.6) is 5.75 Å². The maximum atomic E-state index is 9.09. The highest BCUT2D eigenvalue weighted by Crippen LogP contribution is 2.25. The molecule has 8 heteroatoms. The number of thioether (sulfide) groups is 1. The standard InChI is InChI=1S/C23H27ClN4O2S/c1-27(13-6-9-18-8-3-4-12-21(18)30-2)17-22-25-26-23(31-15-7-14-29)28(22)20-11-5-10-19(24)16-20/h3-6,8-12,16,29H,7,13-15,17H2,1-2H3. The van der Waals surface area contributed by atoms with Gasteiger partial charge < -0.3 is 9.84 Å². The van der Waals surface area contributed by atoms with Gasteiger partial charge in [0.15, 0.2) is 11.0 Å². The van der Waals surface area contributed by atoms with E-state index in [1.807, 2.05) is 60.1 Å². The largest absolute Gasteiger partial charge is 0.496 e. The number of nitrogens with zero attached hydrogens (tertiary/aromatic N) is 4. The van der Waals surface area contributed by atoms with E-state index >= 15 is 0 Å². The molecule has 1 heterocycles. The van der Waals surface area contributed by atoms with Crippen molar-refractivity contribution >= 4 is 29.4 Å². The summed E-state index contributed by atoms with van der Waals surface area (Å²) in [6.07, 6.45) is 4.87. The van der Waals surface area contributed by atoms with E-state index in [2.05, 4.69) is 27.2 Å². The average molecular weight is 459 g/mol. The summed E-state index contributed by atoms with van der Waals surface area (Å²) in [5.74, 6) is 2.46. The van der Waals surface area contributed by atoms with E-state index in [0.717, 1.165) is 40.3 Å². The van der Waals surface area contributed by atoms with Gasteiger partial charge in [0, 0.05) is 29.5 Å². The summed E-state index contributed by atoms with van der Waals surface area (Å²) in [6, 6.07) is 15.6. The summed E-state index contributed by atoms with van der Waals surface area (Å²) in [6.45, 7) is 1.52. The second-order valence-electron chi connectivity index (χ2n) is 6.98. The fourth-order valence-corrected chi connectivity index (χ4v) is 4.15. The minimum atomic E-state index is 0.159. The van der Waals surface area contributed by atoms with Gasteiger partial charge in [0.25, 0.3) is 0 Å². The van der Waals surface area contributed by atoms with E-state index in [9.17, 15) is 0 Å². The highest BCUT2D eigenvalue weighted by atomic mass is 35.5. The van der Waals surface area contributed by atoms with Gasteiger partial charge in [-0.25, -0.2) is 0 Å². The number of ether oxygens (including phenoxy) is 1. The number of para-hydroxylation sites is 1. The lowest BCUT2D eigenvalue weighted by Gasteiger charge is -2.16. The van der Waals surface area contributed by atoms with Crippen LogP contribution in [0.15, 0.2) is 59.8 Å². The van der Waals surface area contributed by atoms with Crippen molar-refractivity contribution in [3.05, 3.63) is 71.0 Å². The summed E-state index contributed by atoms with van der Waals surface area (Å²) in [5, 5.41) is 19.4. The highest BCUT2D eigenvalue weighted by molar-refractivity contribution is 7.99. The number of aliphatic hydroxyl groups is 1. The van der Waals surface area contributed by atoms with Crippen molar-refractivity contribution in [2.75, 3.05) is 33.1 Å². The van der Waals surface area contributed by atoms with Gasteiger partial charge in [-0.1, -0.05) is 59.8 Å². The fourth-order valence-electron chi connectivity index (χ4n) is 3.07. The first kappa shape index (κ1) is 23.3. The topological polar surface area (TPSA) is 63.4 Å². The van der Waals surface area contributed by atoms with Gasteiger partial charge in [-0.15, -0.1) is 10.2 Å². The van der Waals surface area contributed by atoms with E-state index in [1.165, 1.54) is 0 Å². The third kappa shape index (κ3) is 6.58. The van der Waals surface area contributed by atoms with Gasteiger partial charge in [0.1, 0.15) is 5.75 Å². The van der Waals surface area contributed by atoms with E-state index in [4.69, 9.17) is 21.4 Å². The summed E-state index contributed by atoms with van der Waals surface area (Å²) in [7, 11) is 3.72. The first-order chi connectivity index (χ1) is 15.1. The maximum absolute atomic E-state index is 9.09. The lowest BCUT2D eigenvalue weighted by molar-refractivity contribution is 0.296. The number of hydrogen-bond donors (Lipinski definition) is 1. The molecule has 0 saturated carbocycles. The number of likely N-dealkylation sites (N-methyl/N-ethyl adjacent to an activating group) is 1. The number of methoxy groups -OCH3 is 1. The fraction of sp³-hybridized carbons (Fsp3) is 0.304. The van der Waals surface area contributed by atoms with Crippen LogP contribution in [0.25, 0.3) is 11.8 Å². The molecule has 1 aromatic heterocycles. The van der Waals surface area contributed by atoms with Crippen LogP contribution in [-0.2, 0) is 6.54 Å². The summed E-state index contributed by atoms with van der Waals surface area (Å²) in [5.41, 5.74) is 1.97. The van der Waals surface area contributed by atoms with Crippen molar-refractivity contribution in [1.29, 1.82) is 0 Å². The second kappa shape index (κ2) is 11.9. The Hall–Kier alpha value is -2.32. The van der Waals surface area contributed by atoms with Crippen LogP contribution in [0.4, 0.5) is 0 Å². The molecule has 164 valence electrons. The van der Waals surface area contributed by atoms with Gasteiger partial charge in [-0.2, -0.15) is 0 Å². The van der Waals surface area contributed by atoms with Crippen molar-refractivity contribution in [2.24, 2.45) is 0 Å². The average Bonchev–Trinajstić information content (AvgIpc) is 3.16. The van der Waals surface area contributed by atoms with Crippen molar-refractivity contribution in [2.45, 2.75) is 18.1 Å².